The van der Waals surface area contributed by atoms with E-state index in [4.69, 9.17) is 0 Å². The van der Waals surface area contributed by atoms with Crippen LogP contribution in [0.2, 0.25) is 0 Å². The number of hydrogen-bond acceptors (Lipinski definition) is 3. The molecule has 0 saturated carbocycles. The average molecular weight is 315 g/mol. The van der Waals surface area contributed by atoms with Crippen molar-refractivity contribution in [2.75, 3.05) is 27.2 Å². The molecule has 100 valence electrons. The van der Waals surface area contributed by atoms with Gasteiger partial charge in [-0.2, -0.15) is 5.10 Å². The van der Waals surface area contributed by atoms with E-state index < -0.39 is 0 Å². The molecule has 0 unspecified atom stereocenters. The second-order valence-electron chi connectivity index (χ2n) is 5.00. The fourth-order valence-corrected chi connectivity index (χ4v) is 2.64. The maximum absolute atomic E-state index is 12.3. The molecule has 1 amide bonds. The number of aromatic amines is 1. The Kier molecular flexibility index (Phi) is 4.07. The summed E-state index contributed by atoms with van der Waals surface area (Å²) in [5.74, 6) is 0.0171. The van der Waals surface area contributed by atoms with E-state index in [-0.39, 0.29) is 5.91 Å². The maximum Gasteiger partial charge on any atom is 0.275 e. The van der Waals surface area contributed by atoms with Gasteiger partial charge in [-0.3, -0.25) is 9.89 Å². The molecule has 0 atom stereocenters. The van der Waals surface area contributed by atoms with Crippen molar-refractivity contribution < 1.29 is 4.79 Å². The Morgan fingerprint density at radius 3 is 2.50 bits per heavy atom. The summed E-state index contributed by atoms with van der Waals surface area (Å²) >= 11 is 3.40. The normalized spacial score (nSPS) is 17.5. The van der Waals surface area contributed by atoms with Crippen LogP contribution in [-0.4, -0.2) is 59.1 Å². The van der Waals surface area contributed by atoms with E-state index in [1.54, 1.807) is 0 Å². The van der Waals surface area contributed by atoms with Gasteiger partial charge < -0.3 is 9.80 Å². The van der Waals surface area contributed by atoms with Crippen LogP contribution in [-0.2, 0) is 0 Å². The van der Waals surface area contributed by atoms with Crippen molar-refractivity contribution in [1.29, 1.82) is 0 Å². The van der Waals surface area contributed by atoms with Crippen LogP contribution in [0.5, 0.6) is 0 Å². The van der Waals surface area contributed by atoms with Crippen LogP contribution in [0.25, 0.3) is 0 Å². The zero-order valence-corrected chi connectivity index (χ0v) is 12.6. The van der Waals surface area contributed by atoms with Gasteiger partial charge >= 0.3 is 0 Å². The summed E-state index contributed by atoms with van der Waals surface area (Å²) in [7, 11) is 4.19. The number of halogens is 1. The van der Waals surface area contributed by atoms with E-state index >= 15 is 0 Å². The van der Waals surface area contributed by atoms with Crippen molar-refractivity contribution >= 4 is 21.8 Å². The molecule has 0 radical (unpaired) electrons. The van der Waals surface area contributed by atoms with Gasteiger partial charge in [-0.15, -0.1) is 0 Å². The first-order chi connectivity index (χ1) is 8.50. The fraction of sp³-hybridized carbons (Fsp3) is 0.667. The summed E-state index contributed by atoms with van der Waals surface area (Å²) in [5.41, 5.74) is 1.39. The molecule has 1 saturated heterocycles. The minimum atomic E-state index is 0.0171. The summed E-state index contributed by atoms with van der Waals surface area (Å²) in [6.07, 6.45) is 2.06. The Labute approximate surface area is 116 Å². The van der Waals surface area contributed by atoms with Crippen molar-refractivity contribution in [1.82, 2.24) is 20.0 Å². The summed E-state index contributed by atoms with van der Waals surface area (Å²) in [6.45, 7) is 3.51. The third-order valence-corrected chi connectivity index (χ3v) is 4.53. The number of aryl methyl sites for hydroxylation is 1. The second kappa shape index (κ2) is 5.40. The number of hydrogen-bond donors (Lipinski definition) is 1. The molecule has 2 rings (SSSR count). The van der Waals surface area contributed by atoms with Crippen LogP contribution in [0.4, 0.5) is 0 Å². The number of rotatable bonds is 2. The minimum Gasteiger partial charge on any atom is -0.337 e. The number of piperidine rings is 1. The van der Waals surface area contributed by atoms with Crippen molar-refractivity contribution in [2.24, 2.45) is 0 Å². The number of carbonyl (C=O) groups is 1. The van der Waals surface area contributed by atoms with Crippen LogP contribution < -0.4 is 0 Å². The molecular weight excluding hydrogens is 296 g/mol. The van der Waals surface area contributed by atoms with Gasteiger partial charge in [0.25, 0.3) is 5.91 Å². The number of likely N-dealkylation sites (tertiary alicyclic amines) is 1. The topological polar surface area (TPSA) is 52.2 Å². The zero-order valence-electron chi connectivity index (χ0n) is 11.0. The molecule has 18 heavy (non-hydrogen) atoms. The lowest BCUT2D eigenvalue weighted by atomic mass is 10.0. The number of amides is 1. The predicted octanol–water partition coefficient (Wildman–Crippen LogP) is 1.65. The molecule has 1 fully saturated rings. The first-order valence-corrected chi connectivity index (χ1v) is 6.96. The molecule has 1 aromatic rings. The van der Waals surface area contributed by atoms with E-state index in [1.807, 2.05) is 11.8 Å². The highest BCUT2D eigenvalue weighted by molar-refractivity contribution is 9.10. The van der Waals surface area contributed by atoms with Gasteiger partial charge in [0.1, 0.15) is 0 Å². The molecule has 1 aliphatic heterocycles. The first kappa shape index (κ1) is 13.5. The SMILES string of the molecule is Cc1[nH]nc(C(=O)N2CCC(N(C)C)CC2)c1Br. The van der Waals surface area contributed by atoms with E-state index in [0.29, 0.717) is 11.7 Å². The van der Waals surface area contributed by atoms with Crippen molar-refractivity contribution in [3.8, 4) is 0 Å². The average Bonchev–Trinajstić information content (AvgIpc) is 2.69. The fourth-order valence-electron chi connectivity index (χ4n) is 2.29. The van der Waals surface area contributed by atoms with Crippen LogP contribution in [0.15, 0.2) is 4.47 Å². The Hall–Kier alpha value is -0.880. The van der Waals surface area contributed by atoms with Crippen LogP contribution in [0.3, 0.4) is 0 Å². The number of H-pyrrole nitrogens is 1. The summed E-state index contributed by atoms with van der Waals surface area (Å²) < 4.78 is 0.780. The highest BCUT2D eigenvalue weighted by Gasteiger charge is 2.27. The molecule has 1 aliphatic rings. The molecule has 0 aromatic carbocycles. The summed E-state index contributed by atoms with van der Waals surface area (Å²) in [5, 5.41) is 6.90. The Bertz CT molecular complexity index is 435. The van der Waals surface area contributed by atoms with Crippen LogP contribution in [0.1, 0.15) is 29.0 Å². The lowest BCUT2D eigenvalue weighted by molar-refractivity contribution is 0.0656. The molecule has 2 heterocycles. The zero-order chi connectivity index (χ0) is 13.3. The minimum absolute atomic E-state index is 0.0171. The van der Waals surface area contributed by atoms with Gasteiger partial charge in [0.05, 0.1) is 4.47 Å². The van der Waals surface area contributed by atoms with Gasteiger partial charge in [-0.1, -0.05) is 0 Å². The largest absolute Gasteiger partial charge is 0.337 e. The second-order valence-corrected chi connectivity index (χ2v) is 5.79. The van der Waals surface area contributed by atoms with Crippen molar-refractivity contribution in [3.05, 3.63) is 15.9 Å². The van der Waals surface area contributed by atoms with Crippen molar-refractivity contribution in [3.63, 3.8) is 0 Å². The van der Waals surface area contributed by atoms with E-state index in [9.17, 15) is 4.79 Å². The van der Waals surface area contributed by atoms with Gasteiger partial charge in [0.2, 0.25) is 0 Å². The summed E-state index contributed by atoms with van der Waals surface area (Å²) in [6, 6.07) is 0.582. The monoisotopic (exact) mass is 314 g/mol. The van der Waals surface area contributed by atoms with Gasteiger partial charge in [0, 0.05) is 24.8 Å². The lowest BCUT2D eigenvalue weighted by Crippen LogP contribution is -2.44. The lowest BCUT2D eigenvalue weighted by Gasteiger charge is -2.34. The molecular formula is C12H19BrN4O. The highest BCUT2D eigenvalue weighted by Crippen LogP contribution is 2.22. The molecule has 6 heteroatoms. The Morgan fingerprint density at radius 1 is 1.44 bits per heavy atom. The van der Waals surface area contributed by atoms with Crippen LogP contribution in [0, 0.1) is 6.92 Å². The molecule has 5 nitrogen and oxygen atoms in total. The predicted molar refractivity (Wildman–Crippen MR) is 73.6 cm³/mol. The van der Waals surface area contributed by atoms with E-state index in [1.165, 1.54) is 0 Å². The number of nitrogens with one attached hydrogen (secondary N) is 1. The highest BCUT2D eigenvalue weighted by atomic mass is 79.9. The molecule has 1 aromatic heterocycles. The molecule has 0 bridgehead atoms. The number of aromatic nitrogens is 2. The maximum atomic E-state index is 12.3. The summed E-state index contributed by atoms with van der Waals surface area (Å²) in [4.78, 5) is 16.4. The van der Waals surface area contributed by atoms with Gasteiger partial charge in [0.15, 0.2) is 5.69 Å². The molecule has 1 N–H and O–H groups in total. The van der Waals surface area contributed by atoms with E-state index in [2.05, 4.69) is 45.1 Å². The number of carbonyl (C=O) groups excluding carboxylic acids is 1. The first-order valence-electron chi connectivity index (χ1n) is 6.17. The van der Waals surface area contributed by atoms with Gasteiger partial charge in [-0.05, 0) is 49.8 Å². The van der Waals surface area contributed by atoms with E-state index in [0.717, 1.165) is 36.1 Å². The quantitative estimate of drug-likeness (QED) is 0.903. The molecule has 0 aliphatic carbocycles. The Morgan fingerprint density at radius 2 is 2.06 bits per heavy atom. The van der Waals surface area contributed by atoms with Crippen molar-refractivity contribution in [2.45, 2.75) is 25.8 Å². The van der Waals surface area contributed by atoms with Crippen LogP contribution >= 0.6 is 15.9 Å². The Balaban J connectivity index is 2.02. The smallest absolute Gasteiger partial charge is 0.275 e. The third kappa shape index (κ3) is 2.59. The van der Waals surface area contributed by atoms with Gasteiger partial charge in [-0.25, -0.2) is 0 Å². The number of nitrogens with zero attached hydrogens (tertiary/aromatic N) is 3. The molecule has 0 spiro atoms. The standard InChI is InChI=1S/C12H19BrN4O/c1-8-10(13)11(15-14-8)12(18)17-6-4-9(5-7-17)16(2)3/h9H,4-7H2,1-3H3,(H,14,15). The third-order valence-electron chi connectivity index (χ3n) is 3.56.